The zero-order chi connectivity index (χ0) is 19.2. The Balaban J connectivity index is 1.99. The van der Waals surface area contributed by atoms with Crippen molar-refractivity contribution in [3.05, 3.63) is 70.2 Å². The fraction of sp³-hybridized carbons (Fsp3) is 0.111. The fourth-order valence-electron chi connectivity index (χ4n) is 2.01. The molecule has 2 rings (SSSR count). The molecule has 0 saturated heterocycles. The topological polar surface area (TPSA) is 58.2 Å². The Bertz CT molecular complexity index is 835. The van der Waals surface area contributed by atoms with E-state index < -0.39 is 18.0 Å². The third kappa shape index (κ3) is 6.03. The molecular weight excluding hydrogens is 413 g/mol. The third-order valence-corrected chi connectivity index (χ3v) is 3.75. The van der Waals surface area contributed by atoms with E-state index >= 15 is 0 Å². The second-order valence-corrected chi connectivity index (χ2v) is 6.13. The lowest BCUT2D eigenvalue weighted by atomic mass is 10.1. The molecular formula is C18H14BrF3N2O2. The van der Waals surface area contributed by atoms with Crippen molar-refractivity contribution in [1.29, 1.82) is 0 Å². The van der Waals surface area contributed by atoms with Gasteiger partial charge in [-0.3, -0.25) is 9.59 Å². The van der Waals surface area contributed by atoms with Crippen molar-refractivity contribution in [2.24, 2.45) is 0 Å². The van der Waals surface area contributed by atoms with Gasteiger partial charge in [0.1, 0.15) is 0 Å². The van der Waals surface area contributed by atoms with E-state index in [-0.39, 0.29) is 12.2 Å². The summed E-state index contributed by atoms with van der Waals surface area (Å²) in [7, 11) is 0. The largest absolute Gasteiger partial charge is 0.471 e. The zero-order valence-corrected chi connectivity index (χ0v) is 14.9. The molecule has 0 aliphatic carbocycles. The molecule has 0 aromatic heterocycles. The van der Waals surface area contributed by atoms with Crippen LogP contribution in [0.5, 0.6) is 0 Å². The average Bonchev–Trinajstić information content (AvgIpc) is 2.58. The van der Waals surface area contributed by atoms with Crippen molar-refractivity contribution in [1.82, 2.24) is 5.32 Å². The van der Waals surface area contributed by atoms with Gasteiger partial charge in [-0.25, -0.2) is 0 Å². The lowest BCUT2D eigenvalue weighted by Crippen LogP contribution is -2.30. The number of anilines is 1. The second kappa shape index (κ2) is 8.66. The highest BCUT2D eigenvalue weighted by Gasteiger charge is 2.38. The molecule has 0 radical (unpaired) electrons. The van der Waals surface area contributed by atoms with E-state index in [9.17, 15) is 22.8 Å². The molecule has 0 bridgehead atoms. The summed E-state index contributed by atoms with van der Waals surface area (Å²) < 4.78 is 38.0. The van der Waals surface area contributed by atoms with Crippen LogP contribution in [-0.4, -0.2) is 18.0 Å². The Morgan fingerprint density at radius 1 is 1.08 bits per heavy atom. The van der Waals surface area contributed by atoms with Gasteiger partial charge in [0.05, 0.1) is 0 Å². The first-order valence-electron chi connectivity index (χ1n) is 7.43. The van der Waals surface area contributed by atoms with Gasteiger partial charge < -0.3 is 10.6 Å². The first-order chi connectivity index (χ1) is 12.3. The quantitative estimate of drug-likeness (QED) is 0.701. The maximum Gasteiger partial charge on any atom is 0.471 e. The first kappa shape index (κ1) is 19.7. The van der Waals surface area contributed by atoms with Gasteiger partial charge >= 0.3 is 12.1 Å². The van der Waals surface area contributed by atoms with Gasteiger partial charge in [-0.05, 0) is 35.4 Å². The summed E-state index contributed by atoms with van der Waals surface area (Å²) in [6.07, 6.45) is -2.06. The van der Waals surface area contributed by atoms with Crippen LogP contribution in [0.4, 0.5) is 18.9 Å². The van der Waals surface area contributed by atoms with E-state index in [1.165, 1.54) is 24.3 Å². The summed E-state index contributed by atoms with van der Waals surface area (Å²) in [5.74, 6) is -2.48. The van der Waals surface area contributed by atoms with Crippen molar-refractivity contribution < 1.29 is 22.8 Å². The van der Waals surface area contributed by atoms with Gasteiger partial charge in [0, 0.05) is 22.8 Å². The number of benzene rings is 2. The maximum absolute atomic E-state index is 12.4. The number of hydrogen-bond donors (Lipinski definition) is 2. The molecule has 0 spiro atoms. The molecule has 0 unspecified atom stereocenters. The lowest BCUT2D eigenvalue weighted by molar-refractivity contribution is -0.167. The van der Waals surface area contributed by atoms with Gasteiger partial charge in [0.2, 0.25) is 5.91 Å². The Hall–Kier alpha value is -2.61. The van der Waals surface area contributed by atoms with Gasteiger partial charge in [0.15, 0.2) is 0 Å². The Labute approximate surface area is 156 Å². The Morgan fingerprint density at radius 2 is 1.81 bits per heavy atom. The molecule has 0 atom stereocenters. The number of rotatable bonds is 5. The van der Waals surface area contributed by atoms with Crippen molar-refractivity contribution >= 4 is 39.5 Å². The van der Waals surface area contributed by atoms with E-state index in [1.807, 2.05) is 24.3 Å². The summed E-state index contributed by atoms with van der Waals surface area (Å²) in [5.41, 5.74) is 1.16. The molecule has 0 aliphatic rings. The van der Waals surface area contributed by atoms with Crippen LogP contribution in [-0.2, 0) is 16.1 Å². The van der Waals surface area contributed by atoms with Crippen LogP contribution >= 0.6 is 15.9 Å². The number of nitrogens with one attached hydrogen (secondary N) is 2. The normalized spacial score (nSPS) is 11.4. The third-order valence-electron chi connectivity index (χ3n) is 3.25. The highest BCUT2D eigenvalue weighted by molar-refractivity contribution is 9.10. The number of para-hydroxylation sites is 1. The summed E-state index contributed by atoms with van der Waals surface area (Å²) in [6.45, 7) is -0.0318. The van der Waals surface area contributed by atoms with Crippen molar-refractivity contribution in [3.63, 3.8) is 0 Å². The fourth-order valence-corrected chi connectivity index (χ4v) is 2.43. The highest BCUT2D eigenvalue weighted by Crippen LogP contribution is 2.21. The number of carbonyl (C=O) groups is 2. The summed E-state index contributed by atoms with van der Waals surface area (Å²) in [6, 6.07) is 13.3. The van der Waals surface area contributed by atoms with Crippen LogP contribution in [0.25, 0.3) is 6.08 Å². The van der Waals surface area contributed by atoms with Crippen LogP contribution in [0, 0.1) is 0 Å². The van der Waals surface area contributed by atoms with Crippen LogP contribution in [0.3, 0.4) is 0 Å². The molecule has 2 amide bonds. The van der Waals surface area contributed by atoms with E-state index in [2.05, 4.69) is 21.2 Å². The summed E-state index contributed by atoms with van der Waals surface area (Å²) in [4.78, 5) is 23.0. The average molecular weight is 427 g/mol. The van der Waals surface area contributed by atoms with Crippen molar-refractivity contribution in [2.45, 2.75) is 12.7 Å². The van der Waals surface area contributed by atoms with Crippen molar-refractivity contribution in [2.75, 3.05) is 5.32 Å². The van der Waals surface area contributed by atoms with E-state index in [0.717, 1.165) is 10.0 Å². The van der Waals surface area contributed by atoms with Crippen LogP contribution in [0.15, 0.2) is 59.1 Å². The number of amides is 2. The lowest BCUT2D eigenvalue weighted by Gasteiger charge is -2.12. The number of halogens is 4. The molecule has 4 nitrogen and oxygen atoms in total. The minimum atomic E-state index is -4.98. The number of alkyl halides is 3. The van der Waals surface area contributed by atoms with E-state index in [0.29, 0.717) is 5.56 Å². The molecule has 0 fully saturated rings. The molecule has 2 N–H and O–H groups in total. The minimum absolute atomic E-state index is 0.00825. The standard InChI is InChI=1S/C18H14BrF3N2O2/c19-14-6-3-4-12(10-14)8-9-16(25)23-11-13-5-1-2-7-15(13)24-17(26)18(20,21)22/h1-10H,11H2,(H,23,25)(H,24,26)/b9-8+. The van der Waals surface area contributed by atoms with Gasteiger partial charge in [-0.2, -0.15) is 13.2 Å². The first-order valence-corrected chi connectivity index (χ1v) is 8.22. The molecule has 0 saturated carbocycles. The second-order valence-electron chi connectivity index (χ2n) is 5.22. The predicted octanol–water partition coefficient (Wildman–Crippen LogP) is 4.28. The van der Waals surface area contributed by atoms with E-state index in [4.69, 9.17) is 0 Å². The van der Waals surface area contributed by atoms with E-state index in [1.54, 1.807) is 17.5 Å². The summed E-state index contributed by atoms with van der Waals surface area (Å²) >= 11 is 3.32. The smallest absolute Gasteiger partial charge is 0.348 e. The molecule has 2 aromatic rings. The minimum Gasteiger partial charge on any atom is -0.348 e. The molecule has 0 heterocycles. The number of hydrogen-bond acceptors (Lipinski definition) is 2. The van der Waals surface area contributed by atoms with Gasteiger partial charge in [0.25, 0.3) is 0 Å². The monoisotopic (exact) mass is 426 g/mol. The molecule has 0 aliphatic heterocycles. The Morgan fingerprint density at radius 3 is 2.50 bits per heavy atom. The Kier molecular flexibility index (Phi) is 6.57. The van der Waals surface area contributed by atoms with Crippen LogP contribution < -0.4 is 10.6 Å². The molecule has 26 heavy (non-hydrogen) atoms. The number of carbonyl (C=O) groups excluding carboxylic acids is 2. The SMILES string of the molecule is O=C(/C=C/c1cccc(Br)c1)NCc1ccccc1NC(=O)C(F)(F)F. The zero-order valence-electron chi connectivity index (χ0n) is 13.3. The predicted molar refractivity (Wildman–Crippen MR) is 96.1 cm³/mol. The molecule has 2 aromatic carbocycles. The van der Waals surface area contributed by atoms with Crippen LogP contribution in [0.1, 0.15) is 11.1 Å². The highest BCUT2D eigenvalue weighted by atomic mass is 79.9. The van der Waals surface area contributed by atoms with Gasteiger partial charge in [-0.15, -0.1) is 0 Å². The van der Waals surface area contributed by atoms with Crippen LogP contribution in [0.2, 0.25) is 0 Å². The van der Waals surface area contributed by atoms with Crippen molar-refractivity contribution in [3.8, 4) is 0 Å². The molecule has 136 valence electrons. The maximum atomic E-state index is 12.4. The van der Waals surface area contributed by atoms with Gasteiger partial charge in [-0.1, -0.05) is 46.3 Å². The molecule has 8 heteroatoms. The summed E-state index contributed by atoms with van der Waals surface area (Å²) in [5, 5.41) is 4.37.